The first-order valence-corrected chi connectivity index (χ1v) is 9.58. The molecule has 0 aliphatic carbocycles. The number of hydrogen-bond acceptors (Lipinski definition) is 6. The van der Waals surface area contributed by atoms with Crippen LogP contribution in [0.15, 0.2) is 72.3 Å². The fraction of sp³-hybridized carbons (Fsp3) is 0.120. The summed E-state index contributed by atoms with van der Waals surface area (Å²) in [4.78, 5) is 25.1. The summed E-state index contributed by atoms with van der Waals surface area (Å²) in [7, 11) is 2.91. The molecule has 0 fully saturated rings. The molecule has 6 heteroatoms. The quantitative estimate of drug-likeness (QED) is 0.495. The van der Waals surface area contributed by atoms with Gasteiger partial charge in [-0.15, -0.1) is 0 Å². The van der Waals surface area contributed by atoms with E-state index in [0.29, 0.717) is 33.8 Å². The fourth-order valence-corrected chi connectivity index (χ4v) is 3.44. The summed E-state index contributed by atoms with van der Waals surface area (Å²) >= 11 is 0. The maximum absolute atomic E-state index is 13.3. The predicted octanol–water partition coefficient (Wildman–Crippen LogP) is 4.59. The second-order valence-corrected chi connectivity index (χ2v) is 6.99. The SMILES string of the molecule is COC(=O)c1ccc(C2Oc3ccc(O)cc3C(=O)C2=Cc2ccc(OC)cc2)cc1. The Kier molecular flexibility index (Phi) is 5.45. The minimum Gasteiger partial charge on any atom is -0.508 e. The highest BCUT2D eigenvalue weighted by atomic mass is 16.5. The van der Waals surface area contributed by atoms with Crippen molar-refractivity contribution in [3.63, 3.8) is 0 Å². The Morgan fingerprint density at radius 2 is 1.71 bits per heavy atom. The molecule has 3 aromatic carbocycles. The number of methoxy groups -OCH3 is 2. The Labute approximate surface area is 179 Å². The van der Waals surface area contributed by atoms with Gasteiger partial charge in [-0.05, 0) is 59.7 Å². The smallest absolute Gasteiger partial charge is 0.337 e. The van der Waals surface area contributed by atoms with Gasteiger partial charge in [0.25, 0.3) is 0 Å². The maximum Gasteiger partial charge on any atom is 0.337 e. The predicted molar refractivity (Wildman–Crippen MR) is 115 cm³/mol. The summed E-state index contributed by atoms with van der Waals surface area (Å²) in [6, 6.07) is 18.5. The van der Waals surface area contributed by atoms with Gasteiger partial charge in [0.15, 0.2) is 11.9 Å². The van der Waals surface area contributed by atoms with Gasteiger partial charge in [-0.2, -0.15) is 0 Å². The van der Waals surface area contributed by atoms with Crippen LogP contribution in [0.25, 0.3) is 6.08 Å². The lowest BCUT2D eigenvalue weighted by atomic mass is 9.89. The maximum atomic E-state index is 13.3. The highest BCUT2D eigenvalue weighted by molar-refractivity contribution is 6.14. The number of carbonyl (C=O) groups excluding carboxylic acids is 2. The Balaban J connectivity index is 1.79. The zero-order chi connectivity index (χ0) is 22.0. The molecule has 1 atom stereocenters. The van der Waals surface area contributed by atoms with Crippen molar-refractivity contribution in [2.45, 2.75) is 6.10 Å². The minimum absolute atomic E-state index is 0.0135. The third-order valence-electron chi connectivity index (χ3n) is 5.07. The van der Waals surface area contributed by atoms with Crippen LogP contribution >= 0.6 is 0 Å². The van der Waals surface area contributed by atoms with Gasteiger partial charge < -0.3 is 19.3 Å². The van der Waals surface area contributed by atoms with Crippen LogP contribution in [0.3, 0.4) is 0 Å². The van der Waals surface area contributed by atoms with Crippen molar-refractivity contribution < 1.29 is 28.9 Å². The highest BCUT2D eigenvalue weighted by Gasteiger charge is 2.33. The second-order valence-electron chi connectivity index (χ2n) is 6.99. The van der Waals surface area contributed by atoms with E-state index in [-0.39, 0.29) is 11.5 Å². The molecule has 6 nitrogen and oxygen atoms in total. The zero-order valence-electron chi connectivity index (χ0n) is 17.0. The van der Waals surface area contributed by atoms with E-state index in [1.165, 1.54) is 19.2 Å². The summed E-state index contributed by atoms with van der Waals surface area (Å²) < 4.78 is 16.1. The standard InChI is InChI=1S/C25H20O6/c1-29-19-10-3-15(4-11-19)13-21-23(27)20-14-18(26)9-12-22(20)31-24(21)16-5-7-17(8-6-16)25(28)30-2/h3-14,24,26H,1-2H3. The van der Waals surface area contributed by atoms with Crippen LogP contribution in [0, 0.1) is 0 Å². The van der Waals surface area contributed by atoms with Crippen LogP contribution in [-0.4, -0.2) is 31.1 Å². The van der Waals surface area contributed by atoms with Crippen LogP contribution in [0.5, 0.6) is 17.2 Å². The van der Waals surface area contributed by atoms with Gasteiger partial charge in [0, 0.05) is 5.57 Å². The number of phenolic OH excluding ortho intramolecular Hbond substituents is 1. The second kappa shape index (κ2) is 8.36. The van der Waals surface area contributed by atoms with Crippen molar-refractivity contribution in [1.82, 2.24) is 0 Å². The van der Waals surface area contributed by atoms with E-state index in [2.05, 4.69) is 0 Å². The van der Waals surface area contributed by atoms with Crippen molar-refractivity contribution >= 4 is 17.8 Å². The largest absolute Gasteiger partial charge is 0.508 e. The molecule has 0 bridgehead atoms. The lowest BCUT2D eigenvalue weighted by Crippen LogP contribution is -2.23. The molecular formula is C25H20O6. The monoisotopic (exact) mass is 416 g/mol. The molecule has 0 spiro atoms. The van der Waals surface area contributed by atoms with E-state index < -0.39 is 12.1 Å². The fourth-order valence-electron chi connectivity index (χ4n) is 3.44. The first-order chi connectivity index (χ1) is 15.0. The first-order valence-electron chi connectivity index (χ1n) is 9.58. The third-order valence-corrected chi connectivity index (χ3v) is 5.07. The number of ketones is 1. The molecule has 0 radical (unpaired) electrons. The molecule has 0 aromatic heterocycles. The zero-order valence-corrected chi connectivity index (χ0v) is 17.0. The average Bonchev–Trinajstić information content (AvgIpc) is 2.81. The van der Waals surface area contributed by atoms with Gasteiger partial charge in [0.1, 0.15) is 17.2 Å². The summed E-state index contributed by atoms with van der Waals surface area (Å²) in [6.45, 7) is 0. The summed E-state index contributed by atoms with van der Waals surface area (Å²) in [5.41, 5.74) is 2.61. The van der Waals surface area contributed by atoms with Crippen LogP contribution < -0.4 is 9.47 Å². The van der Waals surface area contributed by atoms with Gasteiger partial charge in [0.2, 0.25) is 0 Å². The minimum atomic E-state index is -0.682. The van der Waals surface area contributed by atoms with Crippen LogP contribution in [0.1, 0.15) is 37.9 Å². The normalized spacial score (nSPS) is 16.4. The topological polar surface area (TPSA) is 82.1 Å². The number of aromatic hydroxyl groups is 1. The molecule has 1 N–H and O–H groups in total. The Morgan fingerprint density at radius 1 is 1.00 bits per heavy atom. The molecule has 1 aliphatic heterocycles. The molecule has 31 heavy (non-hydrogen) atoms. The van der Waals surface area contributed by atoms with Gasteiger partial charge in [-0.25, -0.2) is 4.79 Å². The third kappa shape index (κ3) is 4.00. The molecule has 0 amide bonds. The highest BCUT2D eigenvalue weighted by Crippen LogP contribution is 2.40. The molecule has 4 rings (SSSR count). The Morgan fingerprint density at radius 3 is 2.35 bits per heavy atom. The van der Waals surface area contributed by atoms with E-state index in [4.69, 9.17) is 14.2 Å². The molecule has 1 unspecified atom stereocenters. The lowest BCUT2D eigenvalue weighted by molar-refractivity contribution is 0.0600. The Bertz CT molecular complexity index is 1160. The number of Topliss-reactive ketones (excluding diaryl/α,β-unsaturated/α-hetero) is 1. The van der Waals surface area contributed by atoms with Crippen molar-refractivity contribution in [3.05, 3.63) is 94.6 Å². The van der Waals surface area contributed by atoms with Crippen LogP contribution in [0.4, 0.5) is 0 Å². The molecule has 0 saturated carbocycles. The van der Waals surface area contributed by atoms with E-state index in [1.807, 2.05) is 12.1 Å². The van der Waals surface area contributed by atoms with Crippen molar-refractivity contribution in [2.75, 3.05) is 14.2 Å². The van der Waals surface area contributed by atoms with Gasteiger partial charge >= 0.3 is 5.97 Å². The van der Waals surface area contributed by atoms with Crippen molar-refractivity contribution in [1.29, 1.82) is 0 Å². The van der Waals surface area contributed by atoms with Crippen LogP contribution in [-0.2, 0) is 4.74 Å². The number of fused-ring (bicyclic) bond motifs is 1. The number of hydrogen-bond donors (Lipinski definition) is 1. The lowest BCUT2D eigenvalue weighted by Gasteiger charge is -2.28. The number of benzene rings is 3. The van der Waals surface area contributed by atoms with E-state index in [1.54, 1.807) is 55.7 Å². The number of phenols is 1. The molecule has 0 saturated heterocycles. The van der Waals surface area contributed by atoms with Gasteiger partial charge in [0.05, 0.1) is 25.3 Å². The average molecular weight is 416 g/mol. The Hall–Kier alpha value is -4.06. The van der Waals surface area contributed by atoms with Gasteiger partial charge in [-0.1, -0.05) is 24.3 Å². The summed E-state index contributed by atoms with van der Waals surface area (Å²) in [6.07, 6.45) is 1.08. The molecule has 1 heterocycles. The molecule has 3 aromatic rings. The van der Waals surface area contributed by atoms with E-state index in [9.17, 15) is 14.7 Å². The van der Waals surface area contributed by atoms with Gasteiger partial charge in [-0.3, -0.25) is 4.79 Å². The van der Waals surface area contributed by atoms with E-state index in [0.717, 1.165) is 5.56 Å². The molecule has 156 valence electrons. The summed E-state index contributed by atoms with van der Waals surface area (Å²) in [5.74, 6) is 0.396. The number of esters is 1. The van der Waals surface area contributed by atoms with Crippen molar-refractivity contribution in [2.24, 2.45) is 0 Å². The number of carbonyl (C=O) groups is 2. The summed E-state index contributed by atoms with van der Waals surface area (Å²) in [5, 5.41) is 9.84. The van der Waals surface area contributed by atoms with E-state index >= 15 is 0 Å². The van der Waals surface area contributed by atoms with Crippen molar-refractivity contribution in [3.8, 4) is 17.2 Å². The number of ether oxygens (including phenoxy) is 3. The molecule has 1 aliphatic rings. The first kappa shape index (κ1) is 20.2. The molecular weight excluding hydrogens is 396 g/mol. The number of rotatable bonds is 4. The van der Waals surface area contributed by atoms with Crippen LogP contribution in [0.2, 0.25) is 0 Å².